The minimum Gasteiger partial charge on any atom is -0.333 e. The maximum atomic E-state index is 13.4. The molecule has 0 saturated heterocycles. The van der Waals surface area contributed by atoms with E-state index in [9.17, 15) is 9.18 Å². The molecule has 0 saturated carbocycles. The van der Waals surface area contributed by atoms with E-state index in [4.69, 9.17) is 16.1 Å². The van der Waals surface area contributed by atoms with Crippen LogP contribution in [-0.2, 0) is 0 Å². The van der Waals surface area contributed by atoms with E-state index in [-0.39, 0.29) is 23.4 Å². The van der Waals surface area contributed by atoms with E-state index in [1.807, 2.05) is 0 Å². The van der Waals surface area contributed by atoms with Crippen LogP contribution in [0.2, 0.25) is 5.02 Å². The van der Waals surface area contributed by atoms with Gasteiger partial charge in [0.25, 0.3) is 11.8 Å². The van der Waals surface area contributed by atoms with Gasteiger partial charge in [-0.05, 0) is 41.8 Å². The quantitative estimate of drug-likeness (QED) is 0.491. The Kier molecular flexibility index (Phi) is 4.70. The lowest BCUT2D eigenvalue weighted by molar-refractivity contribution is 0.102. The second-order valence-corrected chi connectivity index (χ2v) is 6.91. The topological polar surface area (TPSA) is 68.0 Å². The first-order valence-electron chi connectivity index (χ1n) is 7.84. The molecule has 0 unspecified atom stereocenters. The molecule has 8 heteroatoms. The maximum Gasteiger partial charge on any atom is 0.270 e. The maximum absolute atomic E-state index is 13.4. The predicted octanol–water partition coefficient (Wildman–Crippen LogP) is 5.51. The number of hydrogen-bond donors (Lipinski definition) is 1. The van der Waals surface area contributed by atoms with Crippen molar-refractivity contribution >= 4 is 34.5 Å². The highest BCUT2D eigenvalue weighted by atomic mass is 35.5. The summed E-state index contributed by atoms with van der Waals surface area (Å²) >= 11 is 7.28. The number of halogens is 2. The fraction of sp³-hybridized carbons (Fsp3) is 0. The molecule has 5 nitrogen and oxygen atoms in total. The highest BCUT2D eigenvalue weighted by Crippen LogP contribution is 2.34. The third kappa shape index (κ3) is 3.74. The first-order valence-corrected chi connectivity index (χ1v) is 9.10. The van der Waals surface area contributed by atoms with Crippen molar-refractivity contribution in [2.75, 3.05) is 5.32 Å². The molecule has 0 spiro atoms. The molecule has 0 fully saturated rings. The molecule has 2 aromatic heterocycles. The van der Waals surface area contributed by atoms with Gasteiger partial charge < -0.3 is 9.84 Å². The van der Waals surface area contributed by atoms with Crippen LogP contribution in [-0.4, -0.2) is 16.0 Å². The summed E-state index contributed by atoms with van der Waals surface area (Å²) in [5.41, 5.74) is 1.48. The van der Waals surface area contributed by atoms with Gasteiger partial charge in [-0.25, -0.2) is 4.39 Å². The molecular weight excluding hydrogens is 389 g/mol. The zero-order chi connectivity index (χ0) is 18.8. The first kappa shape index (κ1) is 17.4. The molecule has 27 heavy (non-hydrogen) atoms. The summed E-state index contributed by atoms with van der Waals surface area (Å²) in [5, 5.41) is 8.99. The van der Waals surface area contributed by atoms with E-state index in [1.165, 1.54) is 23.5 Å². The Hall–Kier alpha value is -3.03. The minimum absolute atomic E-state index is 0.241. The number of thiophene rings is 1. The highest BCUT2D eigenvalue weighted by Gasteiger charge is 2.18. The molecule has 2 aromatic carbocycles. The van der Waals surface area contributed by atoms with Crippen LogP contribution in [0.3, 0.4) is 0 Å². The van der Waals surface area contributed by atoms with Crippen LogP contribution in [0.5, 0.6) is 0 Å². The number of nitrogens with one attached hydrogen (secondary N) is 1. The van der Waals surface area contributed by atoms with Crippen molar-refractivity contribution < 1.29 is 13.7 Å². The standard InChI is InChI=1S/C19H11ClFN3O2S/c20-13-5-1-4-12(9-13)18(25)22-15-7-8-27-16(15)19-23-17(24-26-19)11-3-2-6-14(21)10-11/h1-10H,(H,22,25). The van der Waals surface area contributed by atoms with E-state index >= 15 is 0 Å². The van der Waals surface area contributed by atoms with E-state index in [1.54, 1.807) is 47.8 Å². The molecule has 0 aliphatic carbocycles. The summed E-state index contributed by atoms with van der Waals surface area (Å²) in [5.74, 6) is -0.179. The average molecular weight is 400 g/mol. The van der Waals surface area contributed by atoms with Crippen molar-refractivity contribution in [2.24, 2.45) is 0 Å². The summed E-state index contributed by atoms with van der Waals surface area (Å²) < 4.78 is 18.7. The predicted molar refractivity (Wildman–Crippen MR) is 102 cm³/mol. The summed E-state index contributed by atoms with van der Waals surface area (Å²) in [6, 6.07) is 14.3. The number of benzene rings is 2. The fourth-order valence-electron chi connectivity index (χ4n) is 2.46. The van der Waals surface area contributed by atoms with Crippen molar-refractivity contribution in [1.29, 1.82) is 0 Å². The van der Waals surface area contributed by atoms with E-state index < -0.39 is 0 Å². The number of nitrogens with zero attached hydrogens (tertiary/aromatic N) is 2. The SMILES string of the molecule is O=C(Nc1ccsc1-c1nc(-c2cccc(F)c2)no1)c1cccc(Cl)c1. The van der Waals surface area contributed by atoms with Crippen molar-refractivity contribution in [3.05, 3.63) is 76.4 Å². The molecule has 4 rings (SSSR count). The van der Waals surface area contributed by atoms with Crippen LogP contribution in [0.1, 0.15) is 10.4 Å². The number of rotatable bonds is 4. The molecule has 1 N–H and O–H groups in total. The lowest BCUT2D eigenvalue weighted by Crippen LogP contribution is -2.11. The third-order valence-electron chi connectivity index (χ3n) is 3.70. The summed E-state index contributed by atoms with van der Waals surface area (Å²) in [6.45, 7) is 0. The third-order valence-corrected chi connectivity index (χ3v) is 4.84. The van der Waals surface area contributed by atoms with Gasteiger partial charge in [-0.15, -0.1) is 11.3 Å². The molecule has 0 aliphatic heterocycles. The van der Waals surface area contributed by atoms with Gasteiger partial charge in [0, 0.05) is 16.1 Å². The first-order chi connectivity index (χ1) is 13.1. The van der Waals surface area contributed by atoms with E-state index in [0.29, 0.717) is 26.7 Å². The highest BCUT2D eigenvalue weighted by molar-refractivity contribution is 7.14. The van der Waals surface area contributed by atoms with Crippen LogP contribution in [0, 0.1) is 5.82 Å². The Bertz CT molecular complexity index is 1130. The summed E-state index contributed by atoms with van der Waals surface area (Å²) in [7, 11) is 0. The Morgan fingerprint density at radius 3 is 2.81 bits per heavy atom. The van der Waals surface area contributed by atoms with E-state index in [0.717, 1.165) is 0 Å². The van der Waals surface area contributed by atoms with Gasteiger partial charge in [-0.1, -0.05) is 35.0 Å². The molecule has 0 atom stereocenters. The number of carbonyl (C=O) groups excluding carboxylic acids is 1. The normalized spacial score (nSPS) is 10.7. The number of aromatic nitrogens is 2. The van der Waals surface area contributed by atoms with Gasteiger partial charge in [0.05, 0.1) is 5.69 Å². The Balaban J connectivity index is 1.60. The van der Waals surface area contributed by atoms with Gasteiger partial charge in [-0.3, -0.25) is 4.79 Å². The average Bonchev–Trinajstić information content (AvgIpc) is 3.31. The molecule has 1 amide bonds. The van der Waals surface area contributed by atoms with Crippen LogP contribution in [0.25, 0.3) is 22.2 Å². The molecule has 0 aliphatic rings. The van der Waals surface area contributed by atoms with Crippen molar-refractivity contribution in [2.45, 2.75) is 0 Å². The number of amides is 1. The zero-order valence-corrected chi connectivity index (χ0v) is 15.2. The fourth-order valence-corrected chi connectivity index (χ4v) is 3.42. The van der Waals surface area contributed by atoms with Crippen molar-refractivity contribution in [3.63, 3.8) is 0 Å². The molecule has 0 bridgehead atoms. The molecule has 2 heterocycles. The van der Waals surface area contributed by atoms with Crippen LogP contribution in [0.15, 0.2) is 64.5 Å². The van der Waals surface area contributed by atoms with Crippen LogP contribution >= 0.6 is 22.9 Å². The van der Waals surface area contributed by atoms with Crippen molar-refractivity contribution in [1.82, 2.24) is 10.1 Å². The Morgan fingerprint density at radius 1 is 1.15 bits per heavy atom. The lowest BCUT2D eigenvalue weighted by Gasteiger charge is -2.05. The van der Waals surface area contributed by atoms with Crippen molar-refractivity contribution in [3.8, 4) is 22.2 Å². The molecular formula is C19H11ClFN3O2S. The molecule has 134 valence electrons. The minimum atomic E-state index is -0.385. The van der Waals surface area contributed by atoms with Crippen LogP contribution < -0.4 is 5.32 Å². The van der Waals surface area contributed by atoms with Gasteiger partial charge in [-0.2, -0.15) is 4.98 Å². The van der Waals surface area contributed by atoms with Gasteiger partial charge >= 0.3 is 0 Å². The second kappa shape index (κ2) is 7.30. The zero-order valence-electron chi connectivity index (χ0n) is 13.6. The van der Waals surface area contributed by atoms with E-state index in [2.05, 4.69) is 15.5 Å². The number of hydrogen-bond acceptors (Lipinski definition) is 5. The second-order valence-electron chi connectivity index (χ2n) is 5.56. The monoisotopic (exact) mass is 399 g/mol. The smallest absolute Gasteiger partial charge is 0.270 e. The molecule has 0 radical (unpaired) electrons. The van der Waals surface area contributed by atoms with Gasteiger partial charge in [0.2, 0.25) is 5.82 Å². The molecule has 4 aromatic rings. The van der Waals surface area contributed by atoms with Gasteiger partial charge in [0.15, 0.2) is 0 Å². The Labute approximate surface area is 162 Å². The van der Waals surface area contributed by atoms with Gasteiger partial charge in [0.1, 0.15) is 10.7 Å². The summed E-state index contributed by atoms with van der Waals surface area (Å²) in [6.07, 6.45) is 0. The Morgan fingerprint density at radius 2 is 2.00 bits per heavy atom. The lowest BCUT2D eigenvalue weighted by atomic mass is 10.2. The number of anilines is 1. The van der Waals surface area contributed by atoms with Crippen LogP contribution in [0.4, 0.5) is 10.1 Å². The summed E-state index contributed by atoms with van der Waals surface area (Å²) in [4.78, 5) is 17.4. The largest absolute Gasteiger partial charge is 0.333 e. The number of carbonyl (C=O) groups is 1.